The highest BCUT2D eigenvalue weighted by molar-refractivity contribution is 9.11. The lowest BCUT2D eigenvalue weighted by Crippen LogP contribution is -2.22. The zero-order chi connectivity index (χ0) is 88.2. The molecule has 19 nitrogen and oxygen atoms in total. The van der Waals surface area contributed by atoms with Crippen molar-refractivity contribution < 1.29 is 35.9 Å². The molecule has 0 atom stereocenters. The predicted octanol–water partition coefficient (Wildman–Crippen LogP) is 27.7. The van der Waals surface area contributed by atoms with Crippen LogP contribution in [0.3, 0.4) is 0 Å². The van der Waals surface area contributed by atoms with Crippen molar-refractivity contribution in [2.75, 3.05) is 31.9 Å². The number of nitrogens with one attached hydrogen (secondary N) is 6. The minimum absolute atomic E-state index is 0.140. The molecule has 1 aliphatic carbocycles. The number of para-hydroxylation sites is 2. The molecule has 11 aromatic heterocycles. The van der Waals surface area contributed by atoms with Crippen LogP contribution in [-0.2, 0) is 28.5 Å². The van der Waals surface area contributed by atoms with Gasteiger partial charge in [0.05, 0.1) is 70.5 Å². The van der Waals surface area contributed by atoms with Gasteiger partial charge in [-0.3, -0.25) is 36.6 Å². The molecule has 11 heterocycles. The van der Waals surface area contributed by atoms with Crippen LogP contribution in [0.1, 0.15) is 62.6 Å². The summed E-state index contributed by atoms with van der Waals surface area (Å²) < 4.78 is 91.5. The number of hydrogen-bond donors (Lipinski definition) is 6. The van der Waals surface area contributed by atoms with Gasteiger partial charge in [-0.2, -0.15) is 26.3 Å². The van der Waals surface area contributed by atoms with Crippen molar-refractivity contribution in [2.45, 2.75) is 70.9 Å². The van der Waals surface area contributed by atoms with Crippen LogP contribution in [-0.4, -0.2) is 69.8 Å². The number of imidazole rings is 5. The van der Waals surface area contributed by atoms with Crippen molar-refractivity contribution in [2.24, 2.45) is 0 Å². The number of carbonyl (C=O) groups excluding carboxylic acids is 2. The molecule has 1 saturated carbocycles. The third-order valence-electron chi connectivity index (χ3n) is 20.2. The van der Waals surface area contributed by atoms with Crippen LogP contribution in [0.15, 0.2) is 328 Å². The van der Waals surface area contributed by atoms with Crippen LogP contribution in [0.2, 0.25) is 5.02 Å². The number of aromatic nitrogens is 11. The first-order valence-corrected chi connectivity index (χ1v) is 43.8. The zero-order valence-corrected chi connectivity index (χ0v) is 75.6. The van der Waals surface area contributed by atoms with Gasteiger partial charge >= 0.3 is 12.4 Å². The minimum atomic E-state index is -4.42. The van der Waals surface area contributed by atoms with Crippen molar-refractivity contribution in [3.05, 3.63) is 350 Å². The first kappa shape index (κ1) is 88.4. The Kier molecular flexibility index (Phi) is 27.9. The lowest BCUT2D eigenvalue weighted by molar-refractivity contribution is -0.138. The molecule has 636 valence electrons. The molecule has 0 bridgehead atoms. The molecule has 0 radical (unpaired) electrons. The van der Waals surface area contributed by atoms with E-state index in [1.165, 1.54) is 74.9 Å². The number of anilines is 8. The summed E-state index contributed by atoms with van der Waals surface area (Å²) >= 11 is 23.4. The number of hydrogen-bond acceptors (Lipinski definition) is 12. The van der Waals surface area contributed by atoms with Crippen molar-refractivity contribution >= 4 is 177 Å². The maximum absolute atomic E-state index is 13.1. The Morgan fingerprint density at radius 3 is 1.13 bits per heavy atom. The van der Waals surface area contributed by atoms with E-state index < -0.39 is 23.5 Å². The van der Waals surface area contributed by atoms with Crippen molar-refractivity contribution in [3.63, 3.8) is 0 Å². The van der Waals surface area contributed by atoms with Gasteiger partial charge in [0.1, 0.15) is 23.0 Å². The number of benzene rings is 7. The van der Waals surface area contributed by atoms with E-state index in [0.29, 0.717) is 83.1 Å². The van der Waals surface area contributed by atoms with Crippen LogP contribution in [0.5, 0.6) is 0 Å². The molecule has 1 aliphatic rings. The number of pyridine rings is 6. The fourth-order valence-corrected chi connectivity index (χ4v) is 16.4. The lowest BCUT2D eigenvalue weighted by Gasteiger charge is -2.24. The van der Waals surface area contributed by atoms with Gasteiger partial charge in [0.2, 0.25) is 11.8 Å². The molecule has 18 aromatic rings. The monoisotopic (exact) mass is 2030 g/mol. The number of carbonyl (C=O) groups is 2. The SMILES string of the molecule is Brc1cnc2c(NCc3cccnc3)cc(-c3ccc(NC4CCCCC4)cc3)cn12.Brc1cnc2c(Nc3ccccc3)cc(-c3ccccc3)cn12.CC(=O)Nc1cc(-c2cccc(C(F)(F)F)c2)cn2c(Br)cnc12.CC(=O)Nc1cc(-c2cccc(Cl)c2)cn2c(Br)cnc12.FC(F)(F)c1cccc(-c2cc(Nc3ccccc3)c3ncc(Br)n3c2)c1. The Balaban J connectivity index is 0.000000122. The second-order valence-corrected chi connectivity index (χ2v) is 33.7. The molecule has 126 heavy (non-hydrogen) atoms. The fourth-order valence-electron chi connectivity index (χ4n) is 14.3. The van der Waals surface area contributed by atoms with E-state index in [4.69, 9.17) is 11.6 Å². The quantitative estimate of drug-likeness (QED) is 0.0500. The molecule has 1 fully saturated rings. The second kappa shape index (κ2) is 39.8. The van der Waals surface area contributed by atoms with E-state index in [2.05, 4.69) is 213 Å². The van der Waals surface area contributed by atoms with Crippen LogP contribution in [0.25, 0.3) is 83.9 Å². The van der Waals surface area contributed by atoms with E-state index in [0.717, 1.165) is 99.9 Å². The maximum Gasteiger partial charge on any atom is 0.416 e. The number of nitrogens with zero attached hydrogens (tertiary/aromatic N) is 11. The van der Waals surface area contributed by atoms with Crippen molar-refractivity contribution in [1.82, 2.24) is 51.9 Å². The maximum atomic E-state index is 13.1. The van der Waals surface area contributed by atoms with Gasteiger partial charge in [-0.25, -0.2) is 24.9 Å². The molecular weight excluding hydrogens is 1960 g/mol. The van der Waals surface area contributed by atoms with Crippen LogP contribution in [0, 0.1) is 0 Å². The van der Waals surface area contributed by atoms with E-state index >= 15 is 0 Å². The van der Waals surface area contributed by atoms with Gasteiger partial charge in [0.15, 0.2) is 28.2 Å². The largest absolute Gasteiger partial charge is 0.416 e. The third kappa shape index (κ3) is 21.9. The lowest BCUT2D eigenvalue weighted by atomic mass is 9.95. The molecule has 31 heteroatoms. The summed E-state index contributed by atoms with van der Waals surface area (Å²) in [5, 5.41) is 20.1. The summed E-state index contributed by atoms with van der Waals surface area (Å²) in [6, 6.07) is 70.9. The minimum Gasteiger partial charge on any atom is -0.382 e. The second-order valence-electron chi connectivity index (χ2n) is 29.2. The highest BCUT2D eigenvalue weighted by atomic mass is 79.9. The van der Waals surface area contributed by atoms with Crippen LogP contribution in [0.4, 0.5) is 71.8 Å². The van der Waals surface area contributed by atoms with Crippen LogP contribution >= 0.6 is 91.3 Å². The Labute approximate surface area is 766 Å². The topological polar surface area (TPSA) is 206 Å². The molecule has 7 aromatic carbocycles. The third-order valence-corrected chi connectivity index (χ3v) is 23.4. The van der Waals surface area contributed by atoms with Crippen molar-refractivity contribution in [1.29, 1.82) is 0 Å². The molecule has 0 spiro atoms. The Morgan fingerprint density at radius 2 is 0.730 bits per heavy atom. The van der Waals surface area contributed by atoms with Gasteiger partial charge in [-0.1, -0.05) is 152 Å². The van der Waals surface area contributed by atoms with E-state index in [-0.39, 0.29) is 11.8 Å². The molecule has 2 amide bonds. The van der Waals surface area contributed by atoms with Gasteiger partial charge in [0, 0.05) is 120 Å². The molecule has 0 unspecified atom stereocenters. The number of alkyl halides is 6. The Morgan fingerprint density at radius 1 is 0.373 bits per heavy atom. The highest BCUT2D eigenvalue weighted by Gasteiger charge is 2.32. The van der Waals surface area contributed by atoms with Gasteiger partial charge in [-0.05, 0) is 235 Å². The molecule has 0 aliphatic heterocycles. The van der Waals surface area contributed by atoms with Crippen molar-refractivity contribution in [3.8, 4) is 55.6 Å². The molecular formula is C95H75Br5ClF6N17O2. The molecule has 19 rings (SSSR count). The zero-order valence-electron chi connectivity index (χ0n) is 67.0. The standard InChI is InChI=1S/C25H26BrN5.C20H13BrF3N3.C19H14BrN3.C16H11BrF3N3O.C15H11BrClN3O/c26-24-16-29-25-23(28-15-18-5-4-12-27-14-18)13-20(17-31(24)25)19-8-10-22(11-9-19)30-21-6-2-1-3-7-21;21-18-11-25-19-17(26-16-7-2-1-3-8-16)10-14(12-27(18)19)13-5-4-6-15(9-13)20(22,23)24;20-18-12-21-19-17(22-16-9-5-2-6-10-16)11-15(13-23(18)19)14-7-3-1-4-8-14;1-9(24)22-13-6-11(8-23-14(17)7-21-15(13)23)10-3-2-4-12(5-10)16(18,19)20;1-9(21)19-13-6-11(10-3-2-4-12(17)5-10)8-20-14(16)7-18-15(13)20/h4-5,8-14,16-17,21,28,30H,1-3,6-7,15H2;1-12,26H;1-13,22H;2-8H,1H3,(H,22,24);2-8H,1H3,(H,19,21). The average Bonchev–Trinajstić information content (AvgIpc) is 1.62. The Hall–Kier alpha value is -12.5. The highest BCUT2D eigenvalue weighted by Crippen LogP contribution is 2.40. The number of rotatable bonds is 16. The first-order valence-electron chi connectivity index (χ1n) is 39.5. The predicted molar refractivity (Wildman–Crippen MR) is 507 cm³/mol. The summed E-state index contributed by atoms with van der Waals surface area (Å²) in [7, 11) is 0. The van der Waals surface area contributed by atoms with E-state index in [1.807, 2.05) is 149 Å². The van der Waals surface area contributed by atoms with Gasteiger partial charge in [-0.15, -0.1) is 0 Å². The average molecular weight is 2040 g/mol. The van der Waals surface area contributed by atoms with E-state index in [9.17, 15) is 35.9 Å². The first-order chi connectivity index (χ1) is 60.8. The molecule has 6 N–H and O–H groups in total. The van der Waals surface area contributed by atoms with Gasteiger partial charge in [0.25, 0.3) is 0 Å². The van der Waals surface area contributed by atoms with E-state index in [1.54, 1.807) is 70.2 Å². The molecule has 0 saturated heterocycles. The number of halogens is 12. The number of amides is 2. The van der Waals surface area contributed by atoms with Crippen LogP contribution < -0.4 is 31.9 Å². The smallest absolute Gasteiger partial charge is 0.382 e. The fraction of sp³-hybridized carbons (Fsp3) is 0.116. The van der Waals surface area contributed by atoms with Gasteiger partial charge < -0.3 is 31.9 Å². The normalized spacial score (nSPS) is 12.1. The summed E-state index contributed by atoms with van der Waals surface area (Å²) in [6.45, 7) is 3.52. The summed E-state index contributed by atoms with van der Waals surface area (Å²) in [4.78, 5) is 48.9. The Bertz CT molecular complexity index is 6890. The summed E-state index contributed by atoms with van der Waals surface area (Å²) in [6.07, 6.45) is 19.6. The summed E-state index contributed by atoms with van der Waals surface area (Å²) in [5.74, 6) is -0.434. The number of fused-ring (bicyclic) bond motifs is 5. The summed E-state index contributed by atoms with van der Waals surface area (Å²) in [5.41, 5.74) is 18.8.